The fourth-order valence-corrected chi connectivity index (χ4v) is 2.67. The summed E-state index contributed by atoms with van der Waals surface area (Å²) in [6, 6.07) is 2.49. The standard InChI is InChI=1S/C20H37N/c1-3-5-7-9-11-13-15-17-20(19-21)18-16-14-12-10-8-6-4-2/h11,13,20H,3-10,12,14-18H2,1-2H3/b13-11-. The van der Waals surface area contributed by atoms with E-state index < -0.39 is 0 Å². The van der Waals surface area contributed by atoms with Crippen molar-refractivity contribution in [1.29, 1.82) is 5.26 Å². The van der Waals surface area contributed by atoms with E-state index in [9.17, 15) is 5.26 Å². The molecule has 1 nitrogen and oxygen atoms in total. The minimum absolute atomic E-state index is 0.279. The lowest BCUT2D eigenvalue weighted by Crippen LogP contribution is -1.96. The Labute approximate surface area is 133 Å². The highest BCUT2D eigenvalue weighted by Crippen LogP contribution is 2.17. The second kappa shape index (κ2) is 17.3. The summed E-state index contributed by atoms with van der Waals surface area (Å²) < 4.78 is 0. The molecule has 0 bridgehead atoms. The first-order valence-corrected chi connectivity index (χ1v) is 9.39. The van der Waals surface area contributed by atoms with Gasteiger partial charge in [0.15, 0.2) is 0 Å². The molecule has 0 aliphatic rings. The molecule has 0 spiro atoms. The van der Waals surface area contributed by atoms with Crippen LogP contribution in [0.4, 0.5) is 0 Å². The van der Waals surface area contributed by atoms with Gasteiger partial charge in [0.1, 0.15) is 0 Å². The molecule has 0 rings (SSSR count). The Morgan fingerprint density at radius 3 is 1.95 bits per heavy atom. The Morgan fingerprint density at radius 2 is 1.29 bits per heavy atom. The van der Waals surface area contributed by atoms with E-state index in [1.165, 1.54) is 70.6 Å². The van der Waals surface area contributed by atoms with Gasteiger partial charge in [0.2, 0.25) is 0 Å². The van der Waals surface area contributed by atoms with Crippen LogP contribution in [0, 0.1) is 17.2 Å². The van der Waals surface area contributed by atoms with Crippen LogP contribution in [0.25, 0.3) is 0 Å². The minimum Gasteiger partial charge on any atom is -0.198 e. The molecule has 122 valence electrons. The first kappa shape index (κ1) is 20.2. The van der Waals surface area contributed by atoms with Crippen LogP contribution >= 0.6 is 0 Å². The maximum atomic E-state index is 9.20. The topological polar surface area (TPSA) is 23.8 Å². The number of allylic oxidation sites excluding steroid dienone is 2. The molecule has 0 amide bonds. The number of unbranched alkanes of at least 4 members (excludes halogenated alkanes) is 9. The first-order valence-electron chi connectivity index (χ1n) is 9.39. The third-order valence-corrected chi connectivity index (χ3v) is 4.16. The Kier molecular flexibility index (Phi) is 16.6. The monoisotopic (exact) mass is 291 g/mol. The van der Waals surface area contributed by atoms with Crippen molar-refractivity contribution < 1.29 is 0 Å². The van der Waals surface area contributed by atoms with Gasteiger partial charge in [-0.3, -0.25) is 0 Å². The van der Waals surface area contributed by atoms with Gasteiger partial charge in [0.25, 0.3) is 0 Å². The van der Waals surface area contributed by atoms with Gasteiger partial charge in [-0.25, -0.2) is 0 Å². The van der Waals surface area contributed by atoms with Crippen LogP contribution in [0.1, 0.15) is 104 Å². The van der Waals surface area contributed by atoms with Gasteiger partial charge < -0.3 is 0 Å². The second-order valence-corrected chi connectivity index (χ2v) is 6.28. The average Bonchev–Trinajstić information content (AvgIpc) is 2.51. The third-order valence-electron chi connectivity index (χ3n) is 4.16. The van der Waals surface area contributed by atoms with Gasteiger partial charge >= 0.3 is 0 Å². The summed E-state index contributed by atoms with van der Waals surface area (Å²) in [5.74, 6) is 0.279. The molecule has 0 aromatic carbocycles. The zero-order valence-corrected chi connectivity index (χ0v) is 14.6. The van der Waals surface area contributed by atoms with Crippen molar-refractivity contribution in [3.63, 3.8) is 0 Å². The summed E-state index contributed by atoms with van der Waals surface area (Å²) in [5.41, 5.74) is 0. The molecule has 0 N–H and O–H groups in total. The zero-order chi connectivity index (χ0) is 15.6. The number of hydrogen-bond acceptors (Lipinski definition) is 1. The van der Waals surface area contributed by atoms with Crippen LogP contribution in [0.5, 0.6) is 0 Å². The van der Waals surface area contributed by atoms with Crippen molar-refractivity contribution in [3.8, 4) is 6.07 Å². The zero-order valence-electron chi connectivity index (χ0n) is 14.6. The van der Waals surface area contributed by atoms with Crippen molar-refractivity contribution in [2.24, 2.45) is 5.92 Å². The highest BCUT2D eigenvalue weighted by Gasteiger charge is 2.05. The molecule has 21 heavy (non-hydrogen) atoms. The number of rotatable bonds is 15. The van der Waals surface area contributed by atoms with Crippen molar-refractivity contribution >= 4 is 0 Å². The first-order chi connectivity index (χ1) is 10.3. The smallest absolute Gasteiger partial charge is 0.0655 e. The van der Waals surface area contributed by atoms with E-state index in [-0.39, 0.29) is 5.92 Å². The van der Waals surface area contributed by atoms with Gasteiger partial charge in [0, 0.05) is 5.92 Å². The molecule has 1 unspecified atom stereocenters. The van der Waals surface area contributed by atoms with Crippen LogP contribution < -0.4 is 0 Å². The summed E-state index contributed by atoms with van der Waals surface area (Å²) in [5, 5.41) is 9.20. The lowest BCUT2D eigenvalue weighted by atomic mass is 9.97. The molecule has 0 aromatic rings. The molecule has 0 radical (unpaired) electrons. The quantitative estimate of drug-likeness (QED) is 0.231. The van der Waals surface area contributed by atoms with E-state index in [2.05, 4.69) is 32.1 Å². The van der Waals surface area contributed by atoms with Crippen molar-refractivity contribution in [1.82, 2.24) is 0 Å². The van der Waals surface area contributed by atoms with Crippen LogP contribution in [0.3, 0.4) is 0 Å². The maximum absolute atomic E-state index is 9.20. The van der Waals surface area contributed by atoms with Crippen molar-refractivity contribution in [2.45, 2.75) is 104 Å². The normalized spacial score (nSPS) is 12.6. The van der Waals surface area contributed by atoms with E-state index >= 15 is 0 Å². The summed E-state index contributed by atoms with van der Waals surface area (Å²) in [6.45, 7) is 4.50. The average molecular weight is 292 g/mol. The van der Waals surface area contributed by atoms with Crippen molar-refractivity contribution in [2.75, 3.05) is 0 Å². The summed E-state index contributed by atoms with van der Waals surface area (Å²) in [7, 11) is 0. The van der Waals surface area contributed by atoms with Gasteiger partial charge in [-0.1, -0.05) is 83.8 Å². The fraction of sp³-hybridized carbons (Fsp3) is 0.850. The Balaban J connectivity index is 3.43. The van der Waals surface area contributed by atoms with Crippen molar-refractivity contribution in [3.05, 3.63) is 12.2 Å². The predicted molar refractivity (Wildman–Crippen MR) is 94.2 cm³/mol. The Hall–Kier alpha value is -0.770. The highest BCUT2D eigenvalue weighted by atomic mass is 14.3. The highest BCUT2D eigenvalue weighted by molar-refractivity contribution is 4.87. The molecule has 0 aliphatic carbocycles. The third kappa shape index (κ3) is 15.4. The van der Waals surface area contributed by atoms with E-state index in [1.807, 2.05) is 0 Å². The van der Waals surface area contributed by atoms with Crippen LogP contribution in [0.15, 0.2) is 12.2 Å². The van der Waals surface area contributed by atoms with E-state index in [1.54, 1.807) is 0 Å². The second-order valence-electron chi connectivity index (χ2n) is 6.28. The lowest BCUT2D eigenvalue weighted by Gasteiger charge is -2.07. The molecular formula is C20H37N. The lowest BCUT2D eigenvalue weighted by molar-refractivity contribution is 0.502. The van der Waals surface area contributed by atoms with E-state index in [0.29, 0.717) is 0 Å². The molecule has 0 aliphatic heterocycles. The number of hydrogen-bond donors (Lipinski definition) is 0. The van der Waals surface area contributed by atoms with Gasteiger partial charge in [0.05, 0.1) is 6.07 Å². The van der Waals surface area contributed by atoms with Crippen LogP contribution in [0.2, 0.25) is 0 Å². The molecule has 0 saturated carbocycles. The Morgan fingerprint density at radius 1 is 0.714 bits per heavy atom. The largest absolute Gasteiger partial charge is 0.198 e. The number of nitriles is 1. The molecule has 0 aromatic heterocycles. The molecule has 1 atom stereocenters. The van der Waals surface area contributed by atoms with Crippen LogP contribution in [-0.2, 0) is 0 Å². The molecular weight excluding hydrogens is 254 g/mol. The summed E-state index contributed by atoms with van der Waals surface area (Å²) >= 11 is 0. The molecule has 1 heteroatoms. The minimum atomic E-state index is 0.279. The van der Waals surface area contributed by atoms with Gasteiger partial charge in [-0.2, -0.15) is 5.26 Å². The van der Waals surface area contributed by atoms with Gasteiger partial charge in [-0.15, -0.1) is 0 Å². The Bertz CT molecular complexity index is 262. The van der Waals surface area contributed by atoms with E-state index in [4.69, 9.17) is 0 Å². The maximum Gasteiger partial charge on any atom is 0.0655 e. The van der Waals surface area contributed by atoms with E-state index in [0.717, 1.165) is 19.3 Å². The summed E-state index contributed by atoms with van der Waals surface area (Å²) in [4.78, 5) is 0. The molecule has 0 saturated heterocycles. The predicted octanol–water partition coefficient (Wildman–Crippen LogP) is 7.18. The molecule has 0 fully saturated rings. The molecule has 0 heterocycles. The fourth-order valence-electron chi connectivity index (χ4n) is 2.67. The number of nitrogens with zero attached hydrogens (tertiary/aromatic N) is 1. The van der Waals surface area contributed by atoms with Gasteiger partial charge in [-0.05, 0) is 32.1 Å². The summed E-state index contributed by atoms with van der Waals surface area (Å²) in [6.07, 6.45) is 22.4. The SMILES string of the molecule is CCCCC/C=C\CCC(C#N)CCCCCCCCC. The van der Waals surface area contributed by atoms with Crippen LogP contribution in [-0.4, -0.2) is 0 Å².